The van der Waals surface area contributed by atoms with Crippen LogP contribution in [0.5, 0.6) is 0 Å². The lowest BCUT2D eigenvalue weighted by Gasteiger charge is -2.17. The van der Waals surface area contributed by atoms with Crippen LogP contribution in [-0.4, -0.2) is 22.2 Å². The predicted molar refractivity (Wildman–Crippen MR) is 70.6 cm³/mol. The Kier molecular flexibility index (Phi) is 8.42. The highest BCUT2D eigenvalue weighted by Crippen LogP contribution is 2.23. The van der Waals surface area contributed by atoms with Crippen molar-refractivity contribution in [2.24, 2.45) is 5.41 Å². The highest BCUT2D eigenvalue weighted by Gasteiger charge is 2.26. The molecule has 0 radical (unpaired) electrons. The molecule has 0 heterocycles. The minimum atomic E-state index is -0.882. The second-order valence-electron chi connectivity index (χ2n) is 5.56. The Labute approximate surface area is 109 Å². The van der Waals surface area contributed by atoms with E-state index in [2.05, 4.69) is 0 Å². The van der Waals surface area contributed by atoms with Crippen LogP contribution in [0.15, 0.2) is 0 Å². The molecule has 0 bridgehead atoms. The monoisotopic (exact) mass is 258 g/mol. The van der Waals surface area contributed by atoms with Crippen molar-refractivity contribution < 1.29 is 19.8 Å². The van der Waals surface area contributed by atoms with E-state index in [0.29, 0.717) is 12.8 Å². The van der Waals surface area contributed by atoms with Gasteiger partial charge in [-0.15, -0.1) is 0 Å². The highest BCUT2D eigenvalue weighted by atomic mass is 16.4. The van der Waals surface area contributed by atoms with Gasteiger partial charge in [0.15, 0.2) is 0 Å². The molecule has 0 saturated heterocycles. The molecule has 1 fully saturated rings. The minimum Gasteiger partial charge on any atom is -0.481 e. The number of hydrogen-bond donors (Lipinski definition) is 2. The smallest absolute Gasteiger partial charge is 0.309 e. The summed E-state index contributed by atoms with van der Waals surface area (Å²) >= 11 is 0. The summed E-state index contributed by atoms with van der Waals surface area (Å²) in [6.45, 7) is 3.19. The Balaban J connectivity index is 0.000000397. The van der Waals surface area contributed by atoms with Crippen LogP contribution in [0.2, 0.25) is 0 Å². The van der Waals surface area contributed by atoms with Crippen molar-refractivity contribution in [3.8, 4) is 0 Å². The zero-order valence-electron chi connectivity index (χ0n) is 11.6. The molecular weight excluding hydrogens is 232 g/mol. The van der Waals surface area contributed by atoms with Crippen molar-refractivity contribution in [3.63, 3.8) is 0 Å². The molecule has 0 atom stereocenters. The quantitative estimate of drug-likeness (QED) is 0.788. The van der Waals surface area contributed by atoms with Crippen molar-refractivity contribution in [2.45, 2.75) is 71.6 Å². The molecule has 0 spiro atoms. The van der Waals surface area contributed by atoms with Crippen LogP contribution >= 0.6 is 0 Å². The van der Waals surface area contributed by atoms with Gasteiger partial charge in [0, 0.05) is 6.42 Å². The van der Waals surface area contributed by atoms with Gasteiger partial charge in [0.25, 0.3) is 0 Å². The fraction of sp³-hybridized carbons (Fsp3) is 0.857. The summed E-state index contributed by atoms with van der Waals surface area (Å²) in [6, 6.07) is 0. The number of hydrogen-bond acceptors (Lipinski definition) is 2. The van der Waals surface area contributed by atoms with Crippen LogP contribution in [0.4, 0.5) is 0 Å². The van der Waals surface area contributed by atoms with Gasteiger partial charge in [-0.25, -0.2) is 0 Å². The summed E-state index contributed by atoms with van der Waals surface area (Å²) in [5, 5.41) is 17.0. The molecule has 4 heteroatoms. The molecule has 0 aromatic rings. The van der Waals surface area contributed by atoms with Gasteiger partial charge in [-0.1, -0.05) is 38.5 Å². The van der Waals surface area contributed by atoms with E-state index in [-0.39, 0.29) is 6.42 Å². The van der Waals surface area contributed by atoms with E-state index < -0.39 is 17.4 Å². The SMILES string of the molecule is C1CCCCC1.CC(C)(CCCC(=O)O)C(=O)O. The van der Waals surface area contributed by atoms with E-state index in [4.69, 9.17) is 10.2 Å². The maximum atomic E-state index is 10.5. The molecule has 0 unspecified atom stereocenters. The summed E-state index contributed by atoms with van der Waals surface area (Å²) in [5.41, 5.74) is -0.810. The number of aliphatic carboxylic acids is 2. The van der Waals surface area contributed by atoms with Gasteiger partial charge in [0.2, 0.25) is 0 Å². The fourth-order valence-corrected chi connectivity index (χ4v) is 1.85. The third-order valence-electron chi connectivity index (χ3n) is 3.27. The van der Waals surface area contributed by atoms with Gasteiger partial charge in [0.1, 0.15) is 0 Å². The van der Waals surface area contributed by atoms with Crippen LogP contribution in [0.3, 0.4) is 0 Å². The Bertz CT molecular complexity index is 243. The van der Waals surface area contributed by atoms with Crippen molar-refractivity contribution in [1.29, 1.82) is 0 Å². The Morgan fingerprint density at radius 1 is 0.944 bits per heavy atom. The molecule has 0 aromatic heterocycles. The highest BCUT2D eigenvalue weighted by molar-refractivity contribution is 5.73. The summed E-state index contributed by atoms with van der Waals surface area (Å²) in [7, 11) is 0. The molecule has 1 saturated carbocycles. The predicted octanol–water partition coefficient (Wildman–Crippen LogP) is 3.69. The molecule has 1 rings (SSSR count). The van der Waals surface area contributed by atoms with Gasteiger partial charge in [-0.05, 0) is 26.7 Å². The number of carboxylic acid groups (broad SMARTS) is 2. The van der Waals surface area contributed by atoms with E-state index in [9.17, 15) is 9.59 Å². The molecule has 2 N–H and O–H groups in total. The van der Waals surface area contributed by atoms with Crippen LogP contribution in [0.25, 0.3) is 0 Å². The van der Waals surface area contributed by atoms with Crippen molar-refractivity contribution >= 4 is 11.9 Å². The average molecular weight is 258 g/mol. The lowest BCUT2D eigenvalue weighted by Crippen LogP contribution is -2.23. The second-order valence-corrected chi connectivity index (χ2v) is 5.56. The largest absolute Gasteiger partial charge is 0.481 e. The molecule has 0 aromatic carbocycles. The van der Waals surface area contributed by atoms with E-state index in [1.54, 1.807) is 13.8 Å². The lowest BCUT2D eigenvalue weighted by atomic mass is 9.87. The van der Waals surface area contributed by atoms with Crippen LogP contribution in [0, 0.1) is 5.41 Å². The molecular formula is C14H26O4. The lowest BCUT2D eigenvalue weighted by molar-refractivity contribution is -0.148. The van der Waals surface area contributed by atoms with Crippen molar-refractivity contribution in [3.05, 3.63) is 0 Å². The Morgan fingerprint density at radius 3 is 1.61 bits per heavy atom. The zero-order chi connectivity index (χ0) is 14.0. The maximum Gasteiger partial charge on any atom is 0.309 e. The van der Waals surface area contributed by atoms with Gasteiger partial charge in [-0.3, -0.25) is 9.59 Å². The molecule has 18 heavy (non-hydrogen) atoms. The first-order valence-electron chi connectivity index (χ1n) is 6.81. The standard InChI is InChI=1S/C8H14O4.C6H12/c1-8(2,7(11)12)5-3-4-6(9)10;1-2-4-6-5-3-1/h3-5H2,1-2H3,(H,9,10)(H,11,12);1-6H2. The Morgan fingerprint density at radius 2 is 1.33 bits per heavy atom. The summed E-state index contributed by atoms with van der Waals surface area (Å²) in [4.78, 5) is 20.7. The van der Waals surface area contributed by atoms with Gasteiger partial charge in [-0.2, -0.15) is 0 Å². The second kappa shape index (κ2) is 8.95. The van der Waals surface area contributed by atoms with Crippen molar-refractivity contribution in [1.82, 2.24) is 0 Å². The fourth-order valence-electron chi connectivity index (χ4n) is 1.85. The van der Waals surface area contributed by atoms with E-state index >= 15 is 0 Å². The molecule has 4 nitrogen and oxygen atoms in total. The van der Waals surface area contributed by atoms with Gasteiger partial charge in [0.05, 0.1) is 5.41 Å². The van der Waals surface area contributed by atoms with Crippen LogP contribution in [0.1, 0.15) is 71.6 Å². The first-order chi connectivity index (χ1) is 8.36. The molecule has 106 valence electrons. The summed E-state index contributed by atoms with van der Waals surface area (Å²) in [6.07, 6.45) is 9.85. The summed E-state index contributed by atoms with van der Waals surface area (Å²) < 4.78 is 0. The number of carbonyl (C=O) groups is 2. The first-order valence-corrected chi connectivity index (χ1v) is 6.81. The molecule has 1 aliphatic carbocycles. The zero-order valence-corrected chi connectivity index (χ0v) is 11.6. The van der Waals surface area contributed by atoms with E-state index in [1.165, 1.54) is 38.5 Å². The maximum absolute atomic E-state index is 10.5. The van der Waals surface area contributed by atoms with Crippen molar-refractivity contribution in [2.75, 3.05) is 0 Å². The molecule has 0 amide bonds. The van der Waals surface area contributed by atoms with Crippen LogP contribution < -0.4 is 0 Å². The normalized spacial score (nSPS) is 15.4. The topological polar surface area (TPSA) is 74.6 Å². The average Bonchev–Trinajstić information content (AvgIpc) is 2.31. The Hall–Kier alpha value is -1.06. The van der Waals surface area contributed by atoms with Crippen LogP contribution in [-0.2, 0) is 9.59 Å². The third-order valence-corrected chi connectivity index (χ3v) is 3.27. The molecule has 1 aliphatic rings. The first kappa shape index (κ1) is 16.9. The van der Waals surface area contributed by atoms with Gasteiger partial charge < -0.3 is 10.2 Å². The van der Waals surface area contributed by atoms with Gasteiger partial charge >= 0.3 is 11.9 Å². The number of rotatable bonds is 5. The number of carboxylic acids is 2. The molecule has 0 aliphatic heterocycles. The van der Waals surface area contributed by atoms with E-state index in [0.717, 1.165) is 0 Å². The third kappa shape index (κ3) is 9.02. The summed E-state index contributed by atoms with van der Waals surface area (Å²) in [5.74, 6) is -1.76. The minimum absolute atomic E-state index is 0.0384. The van der Waals surface area contributed by atoms with E-state index in [1.807, 2.05) is 0 Å².